The Morgan fingerprint density at radius 1 is 1.31 bits per heavy atom. The molecule has 0 spiro atoms. The molecule has 1 fully saturated rings. The maximum absolute atomic E-state index is 13.2. The first-order valence-electron chi connectivity index (χ1n) is 9.92. The summed E-state index contributed by atoms with van der Waals surface area (Å²) in [5, 5.41) is 5.36. The second-order valence-corrected chi connectivity index (χ2v) is 8.58. The van der Waals surface area contributed by atoms with Crippen LogP contribution in [-0.2, 0) is 22.6 Å². The van der Waals surface area contributed by atoms with Gasteiger partial charge in [0.25, 0.3) is 0 Å². The molecule has 1 unspecified atom stereocenters. The van der Waals surface area contributed by atoms with E-state index < -0.39 is 0 Å². The predicted molar refractivity (Wildman–Crippen MR) is 114 cm³/mol. The predicted octanol–water partition coefficient (Wildman–Crippen LogP) is 2.44. The van der Waals surface area contributed by atoms with Gasteiger partial charge in [-0.3, -0.25) is 9.47 Å². The molecule has 0 radical (unpaired) electrons. The van der Waals surface area contributed by atoms with E-state index in [2.05, 4.69) is 34.3 Å². The lowest BCUT2D eigenvalue weighted by atomic mass is 10.1. The second-order valence-electron chi connectivity index (χ2n) is 7.47. The third-order valence-corrected chi connectivity index (χ3v) is 6.75. The van der Waals surface area contributed by atoms with Gasteiger partial charge >= 0.3 is 5.69 Å². The van der Waals surface area contributed by atoms with Crippen LogP contribution in [-0.4, -0.2) is 58.6 Å². The molecule has 2 aliphatic rings. The van der Waals surface area contributed by atoms with Crippen LogP contribution in [0, 0.1) is 0 Å². The zero-order valence-electron chi connectivity index (χ0n) is 16.4. The quantitative estimate of drug-likeness (QED) is 0.644. The van der Waals surface area contributed by atoms with E-state index in [1.807, 2.05) is 10.6 Å². The topological polar surface area (TPSA) is 61.0 Å². The van der Waals surface area contributed by atoms with Crippen LogP contribution in [0.4, 0.5) is 0 Å². The van der Waals surface area contributed by atoms with E-state index in [-0.39, 0.29) is 11.8 Å². The van der Waals surface area contributed by atoms with Crippen molar-refractivity contribution in [2.75, 3.05) is 33.4 Å². The Kier molecular flexibility index (Phi) is 5.09. The fourth-order valence-electron chi connectivity index (χ4n) is 3.99. The van der Waals surface area contributed by atoms with Crippen molar-refractivity contribution >= 4 is 27.1 Å². The molecule has 0 N–H and O–H groups in total. The molecule has 5 rings (SSSR count). The number of nitrogens with zero attached hydrogens (tertiary/aromatic N) is 4. The number of fused-ring (bicyclic) bond motifs is 3. The Bertz CT molecular complexity index is 1150. The number of aromatic nitrogens is 3. The molecule has 1 aliphatic heterocycles. The minimum atomic E-state index is -0.0968. The molecule has 1 atom stereocenters. The summed E-state index contributed by atoms with van der Waals surface area (Å²) in [6, 6.07) is 4.14. The summed E-state index contributed by atoms with van der Waals surface area (Å²) >= 11 is 1.71. The number of allylic oxidation sites excluding steroid dienone is 2. The standard InChI is InChI=1S/C21H24N4O3S/c1-27-16-4-2-15(3-5-16)13-24-20-18(19-6-7-22-25(19)21(24)26)12-17(29-20)14-23-8-10-28-11-9-23/h2-4,6-7,12,16H,5,8-11,13-14H2,1H3. The number of thiophene rings is 1. The molecule has 1 aliphatic carbocycles. The van der Waals surface area contributed by atoms with Gasteiger partial charge in [0.1, 0.15) is 4.83 Å². The maximum atomic E-state index is 13.2. The van der Waals surface area contributed by atoms with E-state index >= 15 is 0 Å². The molecule has 0 aromatic carbocycles. The first-order valence-corrected chi connectivity index (χ1v) is 10.7. The first-order chi connectivity index (χ1) is 14.2. The smallest absolute Gasteiger partial charge is 0.350 e. The average Bonchev–Trinajstić information content (AvgIpc) is 3.39. The third-order valence-electron chi connectivity index (χ3n) is 5.60. The van der Waals surface area contributed by atoms with Crippen molar-refractivity contribution in [1.29, 1.82) is 0 Å². The van der Waals surface area contributed by atoms with E-state index in [4.69, 9.17) is 9.47 Å². The molecule has 4 heterocycles. The van der Waals surface area contributed by atoms with Crippen molar-refractivity contribution < 1.29 is 9.47 Å². The van der Waals surface area contributed by atoms with Crippen LogP contribution in [0.3, 0.4) is 0 Å². The molecule has 0 saturated carbocycles. The average molecular weight is 413 g/mol. The fraction of sp³-hybridized carbons (Fsp3) is 0.429. The van der Waals surface area contributed by atoms with Crippen LogP contribution in [0.15, 0.2) is 46.9 Å². The van der Waals surface area contributed by atoms with Gasteiger partial charge < -0.3 is 9.47 Å². The molecule has 3 aromatic rings. The summed E-state index contributed by atoms with van der Waals surface area (Å²) in [5.74, 6) is 0. The largest absolute Gasteiger partial charge is 0.379 e. The summed E-state index contributed by atoms with van der Waals surface area (Å²) in [5.41, 5.74) is 1.90. The maximum Gasteiger partial charge on any atom is 0.350 e. The lowest BCUT2D eigenvalue weighted by Gasteiger charge is -2.25. The number of hydrogen-bond acceptors (Lipinski definition) is 6. The zero-order chi connectivity index (χ0) is 19.8. The van der Waals surface area contributed by atoms with Crippen molar-refractivity contribution in [2.45, 2.75) is 25.6 Å². The highest BCUT2D eigenvalue weighted by Crippen LogP contribution is 2.30. The van der Waals surface area contributed by atoms with Crippen LogP contribution < -0.4 is 5.69 Å². The SMILES string of the molecule is COC1C=CC(Cn2c(=O)n3nccc3c3cc(CN4CCOCC4)sc32)=CC1. The highest BCUT2D eigenvalue weighted by atomic mass is 32.1. The Labute approximate surface area is 172 Å². The molecule has 0 amide bonds. The van der Waals surface area contributed by atoms with E-state index in [1.165, 1.54) is 9.39 Å². The summed E-state index contributed by atoms with van der Waals surface area (Å²) in [6.07, 6.45) is 8.92. The van der Waals surface area contributed by atoms with Gasteiger partial charge in [0.2, 0.25) is 0 Å². The van der Waals surface area contributed by atoms with Gasteiger partial charge in [0.15, 0.2) is 0 Å². The van der Waals surface area contributed by atoms with Crippen molar-refractivity contribution in [2.24, 2.45) is 0 Å². The van der Waals surface area contributed by atoms with Crippen molar-refractivity contribution in [1.82, 2.24) is 19.1 Å². The minimum Gasteiger partial charge on any atom is -0.379 e. The molecule has 7 nitrogen and oxygen atoms in total. The minimum absolute atomic E-state index is 0.0968. The molecular weight excluding hydrogens is 388 g/mol. The van der Waals surface area contributed by atoms with Crippen LogP contribution >= 0.6 is 11.3 Å². The number of ether oxygens (including phenoxy) is 2. The number of rotatable bonds is 5. The third kappa shape index (κ3) is 3.57. The van der Waals surface area contributed by atoms with Gasteiger partial charge in [-0.05, 0) is 24.1 Å². The summed E-state index contributed by atoms with van der Waals surface area (Å²) < 4.78 is 14.2. The first kappa shape index (κ1) is 18.7. The Balaban J connectivity index is 1.54. The van der Waals surface area contributed by atoms with Crippen molar-refractivity contribution in [3.8, 4) is 0 Å². The van der Waals surface area contributed by atoms with E-state index in [0.29, 0.717) is 6.54 Å². The number of morpholine rings is 1. The second kappa shape index (κ2) is 7.87. The molecule has 3 aromatic heterocycles. The molecule has 0 bridgehead atoms. The molecular formula is C21H24N4O3S. The van der Waals surface area contributed by atoms with Crippen LogP contribution in [0.1, 0.15) is 11.3 Å². The van der Waals surface area contributed by atoms with Gasteiger partial charge in [-0.1, -0.05) is 18.2 Å². The van der Waals surface area contributed by atoms with Crippen LogP contribution in [0.5, 0.6) is 0 Å². The van der Waals surface area contributed by atoms with Crippen LogP contribution in [0.2, 0.25) is 0 Å². The summed E-state index contributed by atoms with van der Waals surface area (Å²) in [7, 11) is 1.72. The van der Waals surface area contributed by atoms with Gasteiger partial charge in [-0.25, -0.2) is 4.79 Å². The van der Waals surface area contributed by atoms with E-state index in [0.717, 1.165) is 60.6 Å². The Hall–Kier alpha value is -2.26. The van der Waals surface area contributed by atoms with Gasteiger partial charge in [-0.15, -0.1) is 11.3 Å². The van der Waals surface area contributed by atoms with E-state index in [9.17, 15) is 4.79 Å². The normalized spacial score (nSPS) is 20.6. The van der Waals surface area contributed by atoms with Gasteiger partial charge in [-0.2, -0.15) is 9.61 Å². The number of methoxy groups -OCH3 is 1. The highest BCUT2D eigenvalue weighted by molar-refractivity contribution is 7.18. The summed E-state index contributed by atoms with van der Waals surface area (Å²) in [6.45, 7) is 4.88. The molecule has 152 valence electrons. The zero-order valence-corrected chi connectivity index (χ0v) is 17.2. The monoisotopic (exact) mass is 412 g/mol. The lowest BCUT2D eigenvalue weighted by Crippen LogP contribution is -2.35. The Morgan fingerprint density at radius 3 is 2.93 bits per heavy atom. The number of hydrogen-bond donors (Lipinski definition) is 0. The summed E-state index contributed by atoms with van der Waals surface area (Å²) in [4.78, 5) is 17.8. The van der Waals surface area contributed by atoms with E-state index in [1.54, 1.807) is 24.6 Å². The van der Waals surface area contributed by atoms with Gasteiger partial charge in [0.05, 0.1) is 37.6 Å². The Morgan fingerprint density at radius 2 is 2.17 bits per heavy atom. The molecule has 8 heteroatoms. The van der Waals surface area contributed by atoms with Gasteiger partial charge in [0, 0.05) is 37.0 Å². The van der Waals surface area contributed by atoms with Crippen molar-refractivity contribution in [3.05, 3.63) is 57.5 Å². The lowest BCUT2D eigenvalue weighted by molar-refractivity contribution is 0.0346. The molecule has 1 saturated heterocycles. The fourth-order valence-corrected chi connectivity index (χ4v) is 5.19. The highest BCUT2D eigenvalue weighted by Gasteiger charge is 2.18. The molecule has 29 heavy (non-hydrogen) atoms. The van der Waals surface area contributed by atoms with Crippen LogP contribution in [0.25, 0.3) is 15.7 Å². The van der Waals surface area contributed by atoms with Crippen molar-refractivity contribution in [3.63, 3.8) is 0 Å².